The van der Waals surface area contributed by atoms with Crippen molar-refractivity contribution in [3.8, 4) is 6.07 Å². The molecule has 0 radical (unpaired) electrons. The molecule has 154 valence electrons. The van der Waals surface area contributed by atoms with E-state index >= 15 is 0 Å². The molecule has 0 aliphatic carbocycles. The van der Waals surface area contributed by atoms with Gasteiger partial charge in [0.15, 0.2) is 0 Å². The molecule has 0 fully saturated rings. The first-order valence-electron chi connectivity index (χ1n) is 9.41. The fourth-order valence-electron chi connectivity index (χ4n) is 3.45. The van der Waals surface area contributed by atoms with E-state index in [2.05, 4.69) is 16.0 Å². The maximum atomic E-state index is 13.2. The minimum Gasteiger partial charge on any atom is -0.463 e. The van der Waals surface area contributed by atoms with Crippen LogP contribution in [0.15, 0.2) is 59.4 Å². The van der Waals surface area contributed by atoms with Gasteiger partial charge in [-0.25, -0.2) is 4.79 Å². The fraction of sp³-hybridized carbons (Fsp3) is 0.136. The van der Waals surface area contributed by atoms with Gasteiger partial charge in [0, 0.05) is 24.8 Å². The zero-order chi connectivity index (χ0) is 22.0. The number of aromatic nitrogens is 3. The average Bonchev–Trinajstić information content (AvgIpc) is 3.11. The van der Waals surface area contributed by atoms with Gasteiger partial charge in [-0.3, -0.25) is 19.3 Å². The van der Waals surface area contributed by atoms with Gasteiger partial charge in [-0.2, -0.15) is 5.26 Å². The Hall–Kier alpha value is -4.03. The van der Waals surface area contributed by atoms with Gasteiger partial charge in [0.25, 0.3) is 5.56 Å². The quantitative estimate of drug-likeness (QED) is 0.603. The number of ether oxygens (including phenoxy) is 1. The predicted octanol–water partition coefficient (Wildman–Crippen LogP) is 0.691. The molecule has 1 aliphatic rings. The van der Waals surface area contributed by atoms with Crippen molar-refractivity contribution in [1.29, 1.82) is 5.26 Å². The zero-order valence-corrected chi connectivity index (χ0v) is 17.3. The first kappa shape index (κ1) is 20.3. The lowest BCUT2D eigenvalue weighted by molar-refractivity contribution is -0.136. The summed E-state index contributed by atoms with van der Waals surface area (Å²) in [7, 11) is 0. The number of hydrogen-bond acceptors (Lipinski definition) is 8. The minimum absolute atomic E-state index is 0.00788. The molecule has 1 atom stereocenters. The number of esters is 1. The molecule has 2 N–H and O–H groups in total. The highest BCUT2D eigenvalue weighted by molar-refractivity contribution is 7.07. The summed E-state index contributed by atoms with van der Waals surface area (Å²) in [5, 5.41) is 9.88. The maximum Gasteiger partial charge on any atom is 0.338 e. The first-order valence-corrected chi connectivity index (χ1v) is 10.2. The molecule has 0 saturated heterocycles. The average molecular weight is 431 g/mol. The SMILES string of the molecule is CCOC(=O)C1=c2s/c(=C\c3cccnc3)c(=O)n2C(N)=C(C#N)[C@H]1c1cccnc1. The third kappa shape index (κ3) is 3.53. The molecule has 3 aromatic heterocycles. The molecule has 0 bridgehead atoms. The van der Waals surface area contributed by atoms with Gasteiger partial charge in [-0.15, -0.1) is 11.3 Å². The highest BCUT2D eigenvalue weighted by Gasteiger charge is 2.36. The van der Waals surface area contributed by atoms with Gasteiger partial charge in [-0.1, -0.05) is 12.1 Å². The highest BCUT2D eigenvalue weighted by Crippen LogP contribution is 2.36. The highest BCUT2D eigenvalue weighted by atomic mass is 32.1. The number of thiazole rings is 1. The molecule has 9 heteroatoms. The van der Waals surface area contributed by atoms with Gasteiger partial charge in [0.2, 0.25) is 0 Å². The smallest absolute Gasteiger partial charge is 0.338 e. The number of carbonyl (C=O) groups excluding carboxylic acids is 1. The number of allylic oxidation sites excluding steroid dienone is 1. The number of nitrogens with two attached hydrogens (primary N) is 1. The third-order valence-corrected chi connectivity index (χ3v) is 5.87. The van der Waals surface area contributed by atoms with E-state index in [1.54, 1.807) is 56.0 Å². The van der Waals surface area contributed by atoms with E-state index < -0.39 is 17.4 Å². The maximum absolute atomic E-state index is 13.2. The van der Waals surface area contributed by atoms with Crippen LogP contribution in [0.1, 0.15) is 24.0 Å². The Balaban J connectivity index is 2.10. The predicted molar refractivity (Wildman–Crippen MR) is 116 cm³/mol. The van der Waals surface area contributed by atoms with E-state index in [-0.39, 0.29) is 23.6 Å². The molecule has 0 amide bonds. The molecule has 0 spiro atoms. The van der Waals surface area contributed by atoms with Crippen LogP contribution in [0.2, 0.25) is 0 Å². The normalized spacial score (nSPS) is 16.1. The molecule has 8 nitrogen and oxygen atoms in total. The number of carbonyl (C=O) groups is 1. The van der Waals surface area contributed by atoms with Gasteiger partial charge in [0.1, 0.15) is 10.5 Å². The van der Waals surface area contributed by atoms with Crippen LogP contribution in [0.25, 0.3) is 17.5 Å². The van der Waals surface area contributed by atoms with Crippen LogP contribution in [0, 0.1) is 11.3 Å². The summed E-state index contributed by atoms with van der Waals surface area (Å²) < 4.78 is 7.20. The summed E-state index contributed by atoms with van der Waals surface area (Å²) >= 11 is 1.12. The van der Waals surface area contributed by atoms with E-state index in [1.807, 2.05) is 6.07 Å². The second-order valence-corrected chi connectivity index (χ2v) is 7.64. The van der Waals surface area contributed by atoms with Crippen molar-refractivity contribution in [3.63, 3.8) is 0 Å². The Labute approximate surface area is 180 Å². The molecular weight excluding hydrogens is 414 g/mol. The number of fused-ring (bicyclic) bond motifs is 1. The van der Waals surface area contributed by atoms with E-state index in [9.17, 15) is 14.9 Å². The summed E-state index contributed by atoms with van der Waals surface area (Å²) in [6, 6.07) is 9.11. The summed E-state index contributed by atoms with van der Waals surface area (Å²) in [5.74, 6) is -1.41. The van der Waals surface area contributed by atoms with Crippen LogP contribution in [-0.4, -0.2) is 27.1 Å². The Morgan fingerprint density at radius 1 is 1.32 bits per heavy atom. The van der Waals surface area contributed by atoms with Crippen LogP contribution < -0.4 is 20.5 Å². The Morgan fingerprint density at radius 2 is 2.06 bits per heavy atom. The molecule has 4 heterocycles. The molecular formula is C22H17N5O3S. The number of rotatable bonds is 4. The van der Waals surface area contributed by atoms with E-state index in [0.717, 1.165) is 16.9 Å². The Kier molecular flexibility index (Phi) is 5.47. The van der Waals surface area contributed by atoms with E-state index in [4.69, 9.17) is 10.5 Å². The van der Waals surface area contributed by atoms with Crippen molar-refractivity contribution in [2.45, 2.75) is 12.8 Å². The van der Waals surface area contributed by atoms with Crippen LogP contribution in [0.3, 0.4) is 0 Å². The fourth-order valence-corrected chi connectivity index (χ4v) is 4.61. The lowest BCUT2D eigenvalue weighted by Gasteiger charge is -2.24. The summed E-state index contributed by atoms with van der Waals surface area (Å²) in [4.78, 5) is 34.4. The van der Waals surface area contributed by atoms with Gasteiger partial charge in [-0.05, 0) is 36.3 Å². The van der Waals surface area contributed by atoms with Crippen LogP contribution in [-0.2, 0) is 9.53 Å². The molecule has 1 aliphatic heterocycles. The Bertz CT molecular complexity index is 1400. The molecule has 31 heavy (non-hydrogen) atoms. The zero-order valence-electron chi connectivity index (χ0n) is 16.5. The number of nitriles is 1. The molecule has 3 aromatic rings. The third-order valence-electron chi connectivity index (χ3n) is 4.76. The van der Waals surface area contributed by atoms with Crippen molar-refractivity contribution in [2.75, 3.05) is 6.61 Å². The Morgan fingerprint density at radius 3 is 2.68 bits per heavy atom. The monoisotopic (exact) mass is 431 g/mol. The topological polar surface area (TPSA) is 124 Å². The molecule has 0 saturated carbocycles. The van der Waals surface area contributed by atoms with Gasteiger partial charge >= 0.3 is 5.97 Å². The van der Waals surface area contributed by atoms with Crippen molar-refractivity contribution in [3.05, 3.63) is 85.3 Å². The number of nitrogens with zero attached hydrogens (tertiary/aromatic N) is 4. The first-order chi connectivity index (χ1) is 15.1. The van der Waals surface area contributed by atoms with E-state index in [0.29, 0.717) is 14.8 Å². The largest absolute Gasteiger partial charge is 0.463 e. The van der Waals surface area contributed by atoms with Crippen molar-refractivity contribution in [2.24, 2.45) is 5.73 Å². The standard InChI is InChI=1S/C22H17N5O3S/c1-2-30-22(29)18-17(14-6-4-8-26-12-14)15(10-23)19(24)27-20(28)16(31-21(18)27)9-13-5-3-7-25-11-13/h3-9,11-12,17H,2,24H2,1H3/b16-9-/t17-/m1/s1. The molecule has 0 unspecified atom stereocenters. The van der Waals surface area contributed by atoms with Crippen LogP contribution in [0.4, 0.5) is 0 Å². The van der Waals surface area contributed by atoms with E-state index in [1.165, 1.54) is 4.57 Å². The summed E-state index contributed by atoms with van der Waals surface area (Å²) in [6.07, 6.45) is 8.09. The molecule has 0 aromatic carbocycles. The van der Waals surface area contributed by atoms with Gasteiger partial charge < -0.3 is 10.5 Å². The van der Waals surface area contributed by atoms with Crippen molar-refractivity contribution < 1.29 is 9.53 Å². The minimum atomic E-state index is -0.790. The number of pyridine rings is 2. The van der Waals surface area contributed by atoms with Crippen molar-refractivity contribution >= 4 is 34.8 Å². The summed E-state index contributed by atoms with van der Waals surface area (Å²) in [6.45, 7) is 1.84. The lowest BCUT2D eigenvalue weighted by atomic mass is 9.84. The van der Waals surface area contributed by atoms with Crippen LogP contribution >= 0.6 is 11.3 Å². The molecule has 4 rings (SSSR count). The van der Waals surface area contributed by atoms with Gasteiger partial charge in [0.05, 0.1) is 34.3 Å². The number of hydrogen-bond donors (Lipinski definition) is 1. The van der Waals surface area contributed by atoms with Crippen LogP contribution in [0.5, 0.6) is 0 Å². The summed E-state index contributed by atoms with van der Waals surface area (Å²) in [5.41, 5.74) is 7.49. The second-order valence-electron chi connectivity index (χ2n) is 6.61. The van der Waals surface area contributed by atoms with Crippen molar-refractivity contribution in [1.82, 2.24) is 14.5 Å². The lowest BCUT2D eigenvalue weighted by Crippen LogP contribution is -2.40. The second kappa shape index (κ2) is 8.38.